The normalized spacial score (nSPS) is 18.2. The van der Waals surface area contributed by atoms with Gasteiger partial charge in [-0.1, -0.05) is 0 Å². The van der Waals surface area contributed by atoms with Crippen LogP contribution in [0.5, 0.6) is 0 Å². The third kappa shape index (κ3) is 3.40. The van der Waals surface area contributed by atoms with Crippen LogP contribution in [0.25, 0.3) is 0 Å². The van der Waals surface area contributed by atoms with Gasteiger partial charge in [-0.15, -0.1) is 0 Å². The van der Waals surface area contributed by atoms with Crippen molar-refractivity contribution in [1.82, 2.24) is 9.97 Å². The molecule has 1 unspecified atom stereocenters. The highest BCUT2D eigenvalue weighted by molar-refractivity contribution is 5.71. The lowest BCUT2D eigenvalue weighted by Gasteiger charge is -2.27. The average molecular weight is 251 g/mol. The van der Waals surface area contributed by atoms with E-state index in [1.807, 2.05) is 0 Å². The maximum atomic E-state index is 11.3. The van der Waals surface area contributed by atoms with Crippen LogP contribution in [0.15, 0.2) is 18.6 Å². The number of aromatic nitrogens is 2. The van der Waals surface area contributed by atoms with Crippen LogP contribution in [0, 0.1) is 11.8 Å². The Labute approximate surface area is 105 Å². The maximum Gasteiger partial charge on any atom is 0.308 e. The Morgan fingerprint density at radius 3 is 2.89 bits per heavy atom. The minimum Gasteiger partial charge on any atom is -0.481 e. The topological polar surface area (TPSA) is 84.3 Å². The quantitative estimate of drug-likeness (QED) is 0.812. The number of carboxylic acids is 1. The Balaban J connectivity index is 1.92. The van der Waals surface area contributed by atoms with Crippen LogP contribution in [-0.4, -0.2) is 40.8 Å². The minimum atomic E-state index is -0.765. The molecule has 2 rings (SSSR count). The molecular weight excluding hydrogens is 234 g/mol. The first-order valence-corrected chi connectivity index (χ1v) is 6.08. The zero-order valence-electron chi connectivity index (χ0n) is 10.1. The molecule has 2 heterocycles. The van der Waals surface area contributed by atoms with E-state index in [4.69, 9.17) is 4.74 Å². The molecule has 6 heteroatoms. The summed E-state index contributed by atoms with van der Waals surface area (Å²) >= 11 is 0. The molecule has 1 aromatic heterocycles. The maximum absolute atomic E-state index is 11.3. The summed E-state index contributed by atoms with van der Waals surface area (Å²) in [5.74, 6) is -0.398. The number of nitrogens with zero attached hydrogens (tertiary/aromatic N) is 2. The van der Waals surface area contributed by atoms with E-state index in [1.54, 1.807) is 18.6 Å². The van der Waals surface area contributed by atoms with E-state index >= 15 is 0 Å². The first-order chi connectivity index (χ1) is 8.77. The molecule has 0 amide bonds. The molecule has 1 aliphatic heterocycles. The van der Waals surface area contributed by atoms with Crippen LogP contribution in [0.4, 0.5) is 5.82 Å². The molecule has 1 saturated heterocycles. The van der Waals surface area contributed by atoms with Crippen LogP contribution in [0.3, 0.4) is 0 Å². The molecule has 1 aliphatic rings. The Kier molecular flexibility index (Phi) is 4.46. The van der Waals surface area contributed by atoms with E-state index in [-0.39, 0.29) is 5.92 Å². The first-order valence-electron chi connectivity index (χ1n) is 6.08. The lowest BCUT2D eigenvalue weighted by molar-refractivity contribution is -0.144. The van der Waals surface area contributed by atoms with Crippen molar-refractivity contribution >= 4 is 11.8 Å². The fourth-order valence-corrected chi connectivity index (χ4v) is 2.18. The van der Waals surface area contributed by atoms with Gasteiger partial charge >= 0.3 is 5.97 Å². The average Bonchev–Trinajstić information content (AvgIpc) is 2.41. The van der Waals surface area contributed by atoms with Crippen LogP contribution in [0.2, 0.25) is 0 Å². The largest absolute Gasteiger partial charge is 0.481 e. The molecule has 0 spiro atoms. The molecule has 1 atom stereocenters. The predicted molar refractivity (Wildman–Crippen MR) is 65.2 cm³/mol. The summed E-state index contributed by atoms with van der Waals surface area (Å²) in [4.78, 5) is 19.3. The zero-order valence-corrected chi connectivity index (χ0v) is 10.1. The number of ether oxygens (including phenoxy) is 1. The SMILES string of the molecule is O=C(O)C(CNc1cnccn1)C1CCOCC1. The number of hydrogen-bond donors (Lipinski definition) is 2. The van der Waals surface area contributed by atoms with Gasteiger partial charge in [-0.3, -0.25) is 9.78 Å². The van der Waals surface area contributed by atoms with Crippen LogP contribution in [0.1, 0.15) is 12.8 Å². The van der Waals surface area contributed by atoms with Crippen molar-refractivity contribution in [3.05, 3.63) is 18.6 Å². The van der Waals surface area contributed by atoms with E-state index in [1.165, 1.54) is 0 Å². The van der Waals surface area contributed by atoms with Crippen LogP contribution >= 0.6 is 0 Å². The number of aliphatic carboxylic acids is 1. The van der Waals surface area contributed by atoms with Gasteiger partial charge in [-0.2, -0.15) is 0 Å². The lowest BCUT2D eigenvalue weighted by atomic mass is 9.86. The molecule has 6 nitrogen and oxygen atoms in total. The highest BCUT2D eigenvalue weighted by Gasteiger charge is 2.29. The van der Waals surface area contributed by atoms with Crippen molar-refractivity contribution < 1.29 is 14.6 Å². The number of nitrogens with one attached hydrogen (secondary N) is 1. The van der Waals surface area contributed by atoms with E-state index in [0.717, 1.165) is 12.8 Å². The van der Waals surface area contributed by atoms with E-state index < -0.39 is 11.9 Å². The van der Waals surface area contributed by atoms with Gasteiger partial charge in [0.1, 0.15) is 5.82 Å². The Morgan fingerprint density at radius 2 is 2.28 bits per heavy atom. The summed E-state index contributed by atoms with van der Waals surface area (Å²) in [6.45, 7) is 1.68. The molecule has 1 aromatic rings. The van der Waals surface area contributed by atoms with Gasteiger partial charge in [0.05, 0.1) is 12.1 Å². The summed E-state index contributed by atoms with van der Waals surface area (Å²) in [6.07, 6.45) is 6.35. The third-order valence-corrected chi connectivity index (χ3v) is 3.22. The van der Waals surface area contributed by atoms with E-state index in [9.17, 15) is 9.90 Å². The molecular formula is C12H17N3O3. The van der Waals surface area contributed by atoms with Gasteiger partial charge in [0, 0.05) is 32.2 Å². The second-order valence-corrected chi connectivity index (χ2v) is 4.37. The molecule has 0 bridgehead atoms. The number of anilines is 1. The van der Waals surface area contributed by atoms with Crippen molar-refractivity contribution in [2.75, 3.05) is 25.1 Å². The van der Waals surface area contributed by atoms with Crippen LogP contribution < -0.4 is 5.32 Å². The summed E-state index contributed by atoms with van der Waals surface area (Å²) in [5, 5.41) is 12.3. The number of carbonyl (C=O) groups is 1. The van der Waals surface area contributed by atoms with Gasteiger partial charge < -0.3 is 15.2 Å². The van der Waals surface area contributed by atoms with E-state index in [0.29, 0.717) is 25.6 Å². The predicted octanol–water partition coefficient (Wildman–Crippen LogP) is 1.02. The number of carboxylic acid groups (broad SMARTS) is 1. The number of hydrogen-bond acceptors (Lipinski definition) is 5. The van der Waals surface area contributed by atoms with Crippen LogP contribution in [-0.2, 0) is 9.53 Å². The fourth-order valence-electron chi connectivity index (χ4n) is 2.18. The first kappa shape index (κ1) is 12.8. The monoisotopic (exact) mass is 251 g/mol. The molecule has 0 aliphatic carbocycles. The summed E-state index contributed by atoms with van der Waals surface area (Å²) < 4.78 is 5.26. The van der Waals surface area contributed by atoms with Gasteiger partial charge in [0.2, 0.25) is 0 Å². The third-order valence-electron chi connectivity index (χ3n) is 3.22. The fraction of sp³-hybridized carbons (Fsp3) is 0.583. The van der Waals surface area contributed by atoms with Crippen molar-refractivity contribution in [2.45, 2.75) is 12.8 Å². The molecule has 0 aromatic carbocycles. The summed E-state index contributed by atoms with van der Waals surface area (Å²) in [5.41, 5.74) is 0. The summed E-state index contributed by atoms with van der Waals surface area (Å²) in [7, 11) is 0. The van der Waals surface area contributed by atoms with Crippen molar-refractivity contribution in [1.29, 1.82) is 0 Å². The molecule has 0 radical (unpaired) electrons. The second kappa shape index (κ2) is 6.30. The van der Waals surface area contributed by atoms with E-state index in [2.05, 4.69) is 15.3 Å². The second-order valence-electron chi connectivity index (χ2n) is 4.37. The smallest absolute Gasteiger partial charge is 0.308 e. The van der Waals surface area contributed by atoms with Crippen molar-refractivity contribution in [3.8, 4) is 0 Å². The summed E-state index contributed by atoms with van der Waals surface area (Å²) in [6, 6.07) is 0. The molecule has 98 valence electrons. The van der Waals surface area contributed by atoms with Gasteiger partial charge in [0.25, 0.3) is 0 Å². The Bertz CT molecular complexity index is 379. The molecule has 2 N–H and O–H groups in total. The highest BCUT2D eigenvalue weighted by atomic mass is 16.5. The molecule has 0 saturated carbocycles. The molecule has 18 heavy (non-hydrogen) atoms. The number of rotatable bonds is 5. The lowest BCUT2D eigenvalue weighted by Crippen LogP contribution is -2.34. The Hall–Kier alpha value is -1.69. The molecule has 1 fully saturated rings. The highest BCUT2D eigenvalue weighted by Crippen LogP contribution is 2.24. The van der Waals surface area contributed by atoms with Crippen molar-refractivity contribution in [2.24, 2.45) is 11.8 Å². The van der Waals surface area contributed by atoms with Crippen molar-refractivity contribution in [3.63, 3.8) is 0 Å². The Morgan fingerprint density at radius 1 is 1.50 bits per heavy atom. The minimum absolute atomic E-state index is 0.167. The zero-order chi connectivity index (χ0) is 12.8. The van der Waals surface area contributed by atoms with Gasteiger partial charge in [-0.05, 0) is 18.8 Å². The van der Waals surface area contributed by atoms with Gasteiger partial charge in [-0.25, -0.2) is 4.98 Å². The van der Waals surface area contributed by atoms with Gasteiger partial charge in [0.15, 0.2) is 0 Å². The standard InChI is InChI=1S/C12H17N3O3/c16-12(17)10(9-1-5-18-6-2-9)7-15-11-8-13-3-4-14-11/h3-4,8-10H,1-2,5-7H2,(H,14,15)(H,16,17).